The van der Waals surface area contributed by atoms with E-state index in [-0.39, 0.29) is 12.6 Å². The highest BCUT2D eigenvalue weighted by Gasteiger charge is 2.09. The summed E-state index contributed by atoms with van der Waals surface area (Å²) >= 11 is 0. The Kier molecular flexibility index (Phi) is 6.26. The van der Waals surface area contributed by atoms with E-state index in [0.717, 1.165) is 50.6 Å². The fourth-order valence-electron chi connectivity index (χ4n) is 2.22. The Morgan fingerprint density at radius 3 is 2.60 bits per heavy atom. The summed E-state index contributed by atoms with van der Waals surface area (Å²) in [5.74, 6) is 0.848. The summed E-state index contributed by atoms with van der Waals surface area (Å²) in [6, 6.07) is 7.29. The number of morpholine rings is 1. The van der Waals surface area contributed by atoms with Crippen molar-refractivity contribution in [2.45, 2.75) is 12.5 Å². The van der Waals surface area contributed by atoms with E-state index in [1.54, 1.807) is 0 Å². The van der Waals surface area contributed by atoms with Crippen molar-refractivity contribution in [3.63, 3.8) is 0 Å². The molecule has 1 aromatic rings. The van der Waals surface area contributed by atoms with Gasteiger partial charge in [0.2, 0.25) is 0 Å². The fourth-order valence-corrected chi connectivity index (χ4v) is 2.22. The molecule has 0 radical (unpaired) electrons. The van der Waals surface area contributed by atoms with Crippen LogP contribution < -0.4 is 10.5 Å². The summed E-state index contributed by atoms with van der Waals surface area (Å²) < 4.78 is 11.0. The van der Waals surface area contributed by atoms with Crippen LogP contribution in [-0.4, -0.2) is 56.1 Å². The minimum Gasteiger partial charge on any atom is -0.494 e. The third-order valence-corrected chi connectivity index (χ3v) is 3.50. The molecule has 1 aromatic carbocycles. The van der Waals surface area contributed by atoms with E-state index in [4.69, 9.17) is 20.3 Å². The first kappa shape index (κ1) is 15.3. The Hall–Kier alpha value is -1.14. The van der Waals surface area contributed by atoms with Crippen LogP contribution in [-0.2, 0) is 4.74 Å². The molecule has 0 bridgehead atoms. The van der Waals surface area contributed by atoms with Crippen LogP contribution in [0, 0.1) is 0 Å². The molecule has 0 unspecified atom stereocenters. The Balaban J connectivity index is 1.66. The highest BCUT2D eigenvalue weighted by Crippen LogP contribution is 2.16. The van der Waals surface area contributed by atoms with Crippen LogP contribution in [0.15, 0.2) is 24.3 Å². The van der Waals surface area contributed by atoms with Crippen LogP contribution in [0.4, 0.5) is 0 Å². The second kappa shape index (κ2) is 8.21. The molecule has 112 valence electrons. The zero-order valence-corrected chi connectivity index (χ0v) is 11.8. The van der Waals surface area contributed by atoms with Gasteiger partial charge in [-0.2, -0.15) is 0 Å². The van der Waals surface area contributed by atoms with Crippen molar-refractivity contribution in [3.05, 3.63) is 29.8 Å². The number of aliphatic hydroxyl groups is 1. The van der Waals surface area contributed by atoms with Crippen LogP contribution in [0.25, 0.3) is 0 Å². The zero-order chi connectivity index (χ0) is 14.2. The Bertz CT molecular complexity index is 377. The van der Waals surface area contributed by atoms with E-state index in [1.807, 2.05) is 24.3 Å². The van der Waals surface area contributed by atoms with Crippen molar-refractivity contribution in [2.24, 2.45) is 5.73 Å². The minimum atomic E-state index is -0.314. The van der Waals surface area contributed by atoms with Crippen molar-refractivity contribution >= 4 is 0 Å². The van der Waals surface area contributed by atoms with Crippen molar-refractivity contribution < 1.29 is 14.6 Å². The molecule has 20 heavy (non-hydrogen) atoms. The lowest BCUT2D eigenvalue weighted by molar-refractivity contribution is 0.0358. The number of nitrogens with zero attached hydrogens (tertiary/aromatic N) is 1. The molecule has 1 aliphatic rings. The van der Waals surface area contributed by atoms with Crippen LogP contribution in [0.3, 0.4) is 0 Å². The van der Waals surface area contributed by atoms with Gasteiger partial charge in [0.25, 0.3) is 0 Å². The largest absolute Gasteiger partial charge is 0.494 e. The predicted octanol–water partition coefficient (Wildman–Crippen LogP) is 0.780. The third-order valence-electron chi connectivity index (χ3n) is 3.50. The zero-order valence-electron chi connectivity index (χ0n) is 11.8. The lowest BCUT2D eigenvalue weighted by Gasteiger charge is -2.26. The van der Waals surface area contributed by atoms with E-state index in [1.165, 1.54) is 0 Å². The number of ether oxygens (including phenoxy) is 2. The molecular weight excluding hydrogens is 256 g/mol. The molecule has 2 rings (SSSR count). The van der Waals surface area contributed by atoms with E-state index < -0.39 is 0 Å². The number of benzene rings is 1. The molecule has 0 aromatic heterocycles. The maximum absolute atomic E-state index is 8.98. The predicted molar refractivity (Wildman–Crippen MR) is 77.8 cm³/mol. The maximum atomic E-state index is 8.98. The number of hydrogen-bond donors (Lipinski definition) is 2. The summed E-state index contributed by atoms with van der Waals surface area (Å²) in [6.07, 6.45) is 1.01. The van der Waals surface area contributed by atoms with E-state index >= 15 is 0 Å². The monoisotopic (exact) mass is 280 g/mol. The van der Waals surface area contributed by atoms with Crippen LogP contribution >= 0.6 is 0 Å². The lowest BCUT2D eigenvalue weighted by Crippen LogP contribution is -2.37. The van der Waals surface area contributed by atoms with Gasteiger partial charge >= 0.3 is 0 Å². The molecule has 0 amide bonds. The standard InChI is InChI=1S/C15H24N2O3/c16-15(12-18)13-2-4-14(5-3-13)20-9-1-6-17-7-10-19-11-8-17/h2-5,15,18H,1,6-12,16H2/t15-/m1/s1. The van der Waals surface area contributed by atoms with Gasteiger partial charge in [-0.25, -0.2) is 0 Å². The second-order valence-corrected chi connectivity index (χ2v) is 5.01. The molecule has 0 aliphatic carbocycles. The van der Waals surface area contributed by atoms with Crippen molar-refractivity contribution in [2.75, 3.05) is 46.1 Å². The first-order chi connectivity index (χ1) is 9.79. The van der Waals surface area contributed by atoms with Crippen molar-refractivity contribution in [3.8, 4) is 5.75 Å². The molecule has 1 heterocycles. The van der Waals surface area contributed by atoms with E-state index in [2.05, 4.69) is 4.90 Å². The topological polar surface area (TPSA) is 68.0 Å². The van der Waals surface area contributed by atoms with Gasteiger partial charge in [-0.1, -0.05) is 12.1 Å². The Morgan fingerprint density at radius 1 is 1.25 bits per heavy atom. The van der Waals surface area contributed by atoms with Gasteiger partial charge in [0.1, 0.15) is 5.75 Å². The second-order valence-electron chi connectivity index (χ2n) is 5.01. The van der Waals surface area contributed by atoms with Gasteiger partial charge in [-0.05, 0) is 24.1 Å². The molecular formula is C15H24N2O3. The summed E-state index contributed by atoms with van der Waals surface area (Å²) in [7, 11) is 0. The van der Waals surface area contributed by atoms with Crippen LogP contribution in [0.5, 0.6) is 5.75 Å². The van der Waals surface area contributed by atoms with Gasteiger partial charge in [0, 0.05) is 19.6 Å². The average molecular weight is 280 g/mol. The first-order valence-corrected chi connectivity index (χ1v) is 7.19. The number of hydrogen-bond acceptors (Lipinski definition) is 5. The van der Waals surface area contributed by atoms with E-state index in [0.29, 0.717) is 6.61 Å². The van der Waals surface area contributed by atoms with E-state index in [9.17, 15) is 0 Å². The molecule has 0 spiro atoms. The molecule has 5 heteroatoms. The maximum Gasteiger partial charge on any atom is 0.119 e. The molecule has 1 atom stereocenters. The quantitative estimate of drug-likeness (QED) is 0.722. The average Bonchev–Trinajstić information content (AvgIpc) is 2.52. The summed E-state index contributed by atoms with van der Waals surface area (Å²) in [5.41, 5.74) is 6.67. The minimum absolute atomic E-state index is 0.0419. The highest BCUT2D eigenvalue weighted by atomic mass is 16.5. The normalized spacial score (nSPS) is 17.9. The van der Waals surface area contributed by atoms with Gasteiger partial charge in [-0.3, -0.25) is 4.90 Å². The van der Waals surface area contributed by atoms with Gasteiger partial charge in [0.05, 0.1) is 32.5 Å². The van der Waals surface area contributed by atoms with Gasteiger partial charge < -0.3 is 20.3 Å². The highest BCUT2D eigenvalue weighted by molar-refractivity contribution is 5.29. The van der Waals surface area contributed by atoms with Crippen LogP contribution in [0.1, 0.15) is 18.0 Å². The SMILES string of the molecule is N[C@H](CO)c1ccc(OCCCN2CCOCC2)cc1. The smallest absolute Gasteiger partial charge is 0.119 e. The first-order valence-electron chi connectivity index (χ1n) is 7.19. The molecule has 3 N–H and O–H groups in total. The Labute approximate surface area is 120 Å². The molecule has 0 saturated carbocycles. The molecule has 1 aliphatic heterocycles. The number of nitrogens with two attached hydrogens (primary N) is 1. The molecule has 1 saturated heterocycles. The summed E-state index contributed by atoms with van der Waals surface area (Å²) in [4.78, 5) is 2.40. The van der Waals surface area contributed by atoms with Gasteiger partial charge in [0.15, 0.2) is 0 Å². The van der Waals surface area contributed by atoms with Crippen molar-refractivity contribution in [1.29, 1.82) is 0 Å². The number of rotatable bonds is 7. The lowest BCUT2D eigenvalue weighted by atomic mass is 10.1. The fraction of sp³-hybridized carbons (Fsp3) is 0.600. The van der Waals surface area contributed by atoms with Crippen LogP contribution in [0.2, 0.25) is 0 Å². The summed E-state index contributed by atoms with van der Waals surface area (Å²) in [6.45, 7) is 5.45. The van der Waals surface area contributed by atoms with Crippen molar-refractivity contribution in [1.82, 2.24) is 4.90 Å². The Morgan fingerprint density at radius 2 is 1.95 bits per heavy atom. The van der Waals surface area contributed by atoms with Gasteiger partial charge in [-0.15, -0.1) is 0 Å². The molecule has 5 nitrogen and oxygen atoms in total. The third kappa shape index (κ3) is 4.76. The summed E-state index contributed by atoms with van der Waals surface area (Å²) in [5, 5.41) is 8.98. The molecule has 1 fully saturated rings. The number of aliphatic hydroxyl groups excluding tert-OH is 1.